The highest BCUT2D eigenvalue weighted by molar-refractivity contribution is 5.91. The maximum Gasteiger partial charge on any atom is 0.339 e. The number of para-hydroxylation sites is 1. The predicted molar refractivity (Wildman–Crippen MR) is 127 cm³/mol. The van der Waals surface area contributed by atoms with Gasteiger partial charge in [-0.25, -0.2) is 4.79 Å². The highest BCUT2D eigenvalue weighted by atomic mass is 16.5. The Morgan fingerprint density at radius 1 is 0.806 bits per heavy atom. The van der Waals surface area contributed by atoms with Crippen LogP contribution in [0.1, 0.15) is 68.6 Å². The highest BCUT2D eigenvalue weighted by Gasteiger charge is 2.13. The second kappa shape index (κ2) is 17.7. The number of carbonyl (C=O) groups excluding carboxylic acids is 1. The normalized spacial score (nSPS) is 12.2. The van der Waals surface area contributed by atoms with Crippen molar-refractivity contribution in [2.45, 2.75) is 58.3 Å². The van der Waals surface area contributed by atoms with Crippen molar-refractivity contribution in [3.8, 4) is 5.75 Å². The van der Waals surface area contributed by atoms with Crippen LogP contribution < -0.4 is 4.74 Å². The summed E-state index contributed by atoms with van der Waals surface area (Å²) in [6.45, 7) is 2.14. The van der Waals surface area contributed by atoms with Crippen LogP contribution >= 0.6 is 0 Å². The molecule has 0 bridgehead atoms. The van der Waals surface area contributed by atoms with Gasteiger partial charge in [0.2, 0.25) is 0 Å². The Bertz CT molecular complexity index is 797. The van der Waals surface area contributed by atoms with Gasteiger partial charge in [0, 0.05) is 6.42 Å². The van der Waals surface area contributed by atoms with E-state index < -0.39 is 11.9 Å². The Labute approximate surface area is 186 Å². The molecule has 4 nitrogen and oxygen atoms in total. The molecule has 1 N–H and O–H groups in total. The molecule has 31 heavy (non-hydrogen) atoms. The Balaban J connectivity index is 2.10. The number of hydrogen-bond acceptors (Lipinski definition) is 3. The number of aromatic carboxylic acids is 1. The first-order chi connectivity index (χ1) is 15.1. The Kier molecular flexibility index (Phi) is 14.8. The van der Waals surface area contributed by atoms with Crippen LogP contribution in [0, 0.1) is 0 Å². The van der Waals surface area contributed by atoms with E-state index in [4.69, 9.17) is 9.84 Å². The van der Waals surface area contributed by atoms with Crippen molar-refractivity contribution < 1.29 is 19.4 Å². The van der Waals surface area contributed by atoms with Gasteiger partial charge >= 0.3 is 11.9 Å². The molecular weight excluding hydrogens is 388 g/mol. The molecule has 0 saturated carbocycles. The van der Waals surface area contributed by atoms with Crippen LogP contribution in [0.15, 0.2) is 85.0 Å². The molecular formula is C27H34O4. The third-order valence-electron chi connectivity index (χ3n) is 4.25. The predicted octanol–water partition coefficient (Wildman–Crippen LogP) is 7.21. The van der Waals surface area contributed by atoms with Crippen molar-refractivity contribution in [3.63, 3.8) is 0 Å². The van der Waals surface area contributed by atoms with Crippen molar-refractivity contribution in [1.29, 1.82) is 0 Å². The summed E-state index contributed by atoms with van der Waals surface area (Å²) < 4.78 is 5.17. The van der Waals surface area contributed by atoms with Crippen molar-refractivity contribution in [2.75, 3.05) is 0 Å². The zero-order valence-electron chi connectivity index (χ0n) is 18.4. The van der Waals surface area contributed by atoms with Crippen LogP contribution in [-0.2, 0) is 4.79 Å². The maximum atomic E-state index is 11.9. The van der Waals surface area contributed by atoms with E-state index in [0.29, 0.717) is 6.42 Å². The molecule has 0 spiro atoms. The first kappa shape index (κ1) is 25.9. The lowest BCUT2D eigenvalue weighted by atomic mass is 10.2. The monoisotopic (exact) mass is 422 g/mol. The number of benzene rings is 1. The van der Waals surface area contributed by atoms with Gasteiger partial charge in [-0.15, -0.1) is 0 Å². The third kappa shape index (κ3) is 13.7. The average Bonchev–Trinajstić information content (AvgIpc) is 2.76. The summed E-state index contributed by atoms with van der Waals surface area (Å²) in [6.07, 6.45) is 28.1. The molecule has 0 aliphatic heterocycles. The molecule has 0 unspecified atom stereocenters. The van der Waals surface area contributed by atoms with E-state index in [0.717, 1.165) is 38.5 Å². The molecule has 0 aliphatic carbocycles. The van der Waals surface area contributed by atoms with Crippen LogP contribution in [0.2, 0.25) is 0 Å². The number of hydrogen-bond donors (Lipinski definition) is 1. The van der Waals surface area contributed by atoms with Gasteiger partial charge in [-0.3, -0.25) is 4.79 Å². The third-order valence-corrected chi connectivity index (χ3v) is 4.25. The van der Waals surface area contributed by atoms with E-state index in [-0.39, 0.29) is 17.7 Å². The number of carboxylic acids is 1. The summed E-state index contributed by atoms with van der Waals surface area (Å²) in [5.41, 5.74) is -0.00585. The van der Waals surface area contributed by atoms with E-state index in [1.807, 2.05) is 0 Å². The standard InChI is InChI=1S/C27H34O4/c1-2-3-4-5-6-7-8-9-10-11-12-13-14-15-16-17-18-23-26(28)31-25-22-20-19-21-24(25)27(29)30/h3-4,6-7,9-10,12-13,15-16,19-22H,2,5,8,11,14,17-18,23H2,1H3,(H,29,30)/b4-3+,7-6+,10-9+,13-12+,16-15+. The quantitative estimate of drug-likeness (QED) is 0.140. The Hall–Kier alpha value is -3.14. The topological polar surface area (TPSA) is 63.6 Å². The first-order valence-corrected chi connectivity index (χ1v) is 10.9. The minimum absolute atomic E-state index is 0.00585. The number of rotatable bonds is 15. The van der Waals surface area contributed by atoms with Gasteiger partial charge in [-0.1, -0.05) is 79.8 Å². The molecule has 0 amide bonds. The van der Waals surface area contributed by atoms with E-state index in [1.165, 1.54) is 12.1 Å². The van der Waals surface area contributed by atoms with Gasteiger partial charge in [0.1, 0.15) is 11.3 Å². The van der Waals surface area contributed by atoms with Crippen LogP contribution in [0.4, 0.5) is 0 Å². The number of unbranched alkanes of at least 4 members (excludes halogenated alkanes) is 1. The van der Waals surface area contributed by atoms with Gasteiger partial charge in [-0.2, -0.15) is 0 Å². The van der Waals surface area contributed by atoms with E-state index in [1.54, 1.807) is 12.1 Å². The van der Waals surface area contributed by atoms with Crippen molar-refractivity contribution in [3.05, 3.63) is 90.6 Å². The number of esters is 1. The minimum atomic E-state index is -1.11. The number of ether oxygens (including phenoxy) is 1. The maximum absolute atomic E-state index is 11.9. The summed E-state index contributed by atoms with van der Waals surface area (Å²) >= 11 is 0. The summed E-state index contributed by atoms with van der Waals surface area (Å²) in [6, 6.07) is 6.15. The SMILES string of the molecule is CC/C=C/C/C=C/C/C=C/C/C=C/C/C=C/CCCC(=O)Oc1ccccc1C(=O)O. The molecule has 0 aromatic heterocycles. The van der Waals surface area contributed by atoms with Crippen molar-refractivity contribution in [1.82, 2.24) is 0 Å². The smallest absolute Gasteiger partial charge is 0.339 e. The van der Waals surface area contributed by atoms with Crippen LogP contribution in [0.25, 0.3) is 0 Å². The van der Waals surface area contributed by atoms with Gasteiger partial charge < -0.3 is 9.84 Å². The molecule has 0 radical (unpaired) electrons. The van der Waals surface area contributed by atoms with Crippen LogP contribution in [0.3, 0.4) is 0 Å². The largest absolute Gasteiger partial charge is 0.478 e. The van der Waals surface area contributed by atoms with Gasteiger partial charge in [0.05, 0.1) is 0 Å². The van der Waals surface area contributed by atoms with Crippen molar-refractivity contribution in [2.24, 2.45) is 0 Å². The van der Waals surface area contributed by atoms with Gasteiger partial charge in [0.25, 0.3) is 0 Å². The fourth-order valence-electron chi connectivity index (χ4n) is 2.64. The summed E-state index contributed by atoms with van der Waals surface area (Å²) in [5, 5.41) is 9.10. The summed E-state index contributed by atoms with van der Waals surface area (Å²) in [5.74, 6) is -1.43. The lowest BCUT2D eigenvalue weighted by Crippen LogP contribution is -2.10. The zero-order chi connectivity index (χ0) is 22.6. The second-order valence-corrected chi connectivity index (χ2v) is 6.88. The molecule has 0 fully saturated rings. The van der Waals surface area contributed by atoms with Gasteiger partial charge in [0.15, 0.2) is 0 Å². The van der Waals surface area contributed by atoms with Crippen LogP contribution in [0.5, 0.6) is 5.75 Å². The summed E-state index contributed by atoms with van der Waals surface area (Å²) in [4.78, 5) is 23.0. The molecule has 0 saturated heterocycles. The highest BCUT2D eigenvalue weighted by Crippen LogP contribution is 2.18. The fourth-order valence-corrected chi connectivity index (χ4v) is 2.64. The molecule has 0 aliphatic rings. The van der Waals surface area contributed by atoms with Crippen molar-refractivity contribution >= 4 is 11.9 Å². The average molecular weight is 423 g/mol. The molecule has 4 heteroatoms. The molecule has 1 aromatic carbocycles. The molecule has 1 rings (SSSR count). The molecule has 0 atom stereocenters. The van der Waals surface area contributed by atoms with E-state index in [2.05, 4.69) is 67.7 Å². The lowest BCUT2D eigenvalue weighted by molar-refractivity contribution is -0.134. The number of carboxylic acid groups (broad SMARTS) is 1. The second-order valence-electron chi connectivity index (χ2n) is 6.88. The molecule has 166 valence electrons. The van der Waals surface area contributed by atoms with E-state index >= 15 is 0 Å². The zero-order valence-corrected chi connectivity index (χ0v) is 18.4. The number of allylic oxidation sites excluding steroid dienone is 10. The van der Waals surface area contributed by atoms with Gasteiger partial charge in [-0.05, 0) is 57.1 Å². The first-order valence-electron chi connectivity index (χ1n) is 10.9. The summed E-state index contributed by atoms with van der Waals surface area (Å²) in [7, 11) is 0. The molecule has 0 heterocycles. The van der Waals surface area contributed by atoms with Crippen LogP contribution in [-0.4, -0.2) is 17.0 Å². The van der Waals surface area contributed by atoms with E-state index in [9.17, 15) is 9.59 Å². The minimum Gasteiger partial charge on any atom is -0.478 e. The molecule has 1 aromatic rings. The Morgan fingerprint density at radius 2 is 1.32 bits per heavy atom. The number of carbonyl (C=O) groups is 2. The lowest BCUT2D eigenvalue weighted by Gasteiger charge is -2.06. The Morgan fingerprint density at radius 3 is 1.87 bits per heavy atom. The fraction of sp³-hybridized carbons (Fsp3) is 0.333.